The van der Waals surface area contributed by atoms with E-state index in [0.717, 1.165) is 5.56 Å². The van der Waals surface area contributed by atoms with Crippen LogP contribution in [0.5, 0.6) is 5.75 Å². The van der Waals surface area contributed by atoms with Gasteiger partial charge in [-0.15, -0.1) is 37.1 Å². The number of ether oxygens (including phenoxy) is 1. The molecule has 0 saturated heterocycles. The van der Waals surface area contributed by atoms with Crippen LogP contribution in [0.2, 0.25) is 0 Å². The Bertz CT molecular complexity index is 421. The van der Waals surface area contributed by atoms with Gasteiger partial charge < -0.3 is 15.4 Å². The Kier molecular flexibility index (Phi) is 8.35. The van der Waals surface area contributed by atoms with Gasteiger partial charge in [0.25, 0.3) is 0 Å². The summed E-state index contributed by atoms with van der Waals surface area (Å²) in [5, 5.41) is 5.91. The fourth-order valence-corrected chi connectivity index (χ4v) is 1.46. The van der Waals surface area contributed by atoms with Crippen LogP contribution >= 0.6 is 24.0 Å². The molecule has 0 aliphatic carbocycles. The Hall–Kier alpha value is -1.19. The highest BCUT2D eigenvalue weighted by Gasteiger charge is 2.30. The molecule has 0 saturated carbocycles. The molecule has 114 valence electrons. The van der Waals surface area contributed by atoms with Gasteiger partial charge in [-0.2, -0.15) is 0 Å². The molecule has 0 heterocycles. The number of nitrogens with zero attached hydrogens (tertiary/aromatic N) is 1. The van der Waals surface area contributed by atoms with Crippen molar-refractivity contribution in [3.8, 4) is 5.75 Å². The summed E-state index contributed by atoms with van der Waals surface area (Å²) in [7, 11) is 3.40. The van der Waals surface area contributed by atoms with Crippen LogP contribution in [0.1, 0.15) is 5.56 Å². The van der Waals surface area contributed by atoms with Crippen LogP contribution in [0.3, 0.4) is 0 Å². The minimum Gasteiger partial charge on any atom is -0.406 e. The number of hydrogen-bond acceptors (Lipinski definition) is 2. The molecule has 0 aromatic heterocycles. The normalized spacial score (nSPS) is 11.6. The molecule has 2 N–H and O–H groups in total. The number of hydrogen-bond donors (Lipinski definition) is 2. The maximum Gasteiger partial charge on any atom is 0.573 e. The average molecular weight is 403 g/mol. The molecule has 0 atom stereocenters. The minimum atomic E-state index is -4.65. The van der Waals surface area contributed by atoms with Crippen molar-refractivity contribution in [2.75, 3.05) is 20.6 Å². The molecule has 0 aliphatic rings. The highest BCUT2D eigenvalue weighted by Crippen LogP contribution is 2.22. The Morgan fingerprint density at radius 3 is 2.30 bits per heavy atom. The zero-order valence-electron chi connectivity index (χ0n) is 11.1. The molecular weight excluding hydrogens is 386 g/mol. The number of alkyl halides is 3. The van der Waals surface area contributed by atoms with Crippen molar-refractivity contribution in [3.05, 3.63) is 29.8 Å². The maximum atomic E-state index is 12.0. The van der Waals surface area contributed by atoms with E-state index in [1.54, 1.807) is 26.2 Å². The first-order valence-corrected chi connectivity index (χ1v) is 5.67. The van der Waals surface area contributed by atoms with E-state index in [2.05, 4.69) is 20.4 Å². The highest BCUT2D eigenvalue weighted by molar-refractivity contribution is 14.0. The summed E-state index contributed by atoms with van der Waals surface area (Å²) < 4.78 is 39.7. The Morgan fingerprint density at radius 1 is 1.25 bits per heavy atom. The lowest BCUT2D eigenvalue weighted by atomic mass is 10.1. The van der Waals surface area contributed by atoms with Crippen molar-refractivity contribution in [2.24, 2.45) is 4.99 Å². The van der Waals surface area contributed by atoms with Gasteiger partial charge in [0.1, 0.15) is 5.75 Å². The van der Waals surface area contributed by atoms with Crippen molar-refractivity contribution in [1.29, 1.82) is 0 Å². The molecule has 8 heteroatoms. The van der Waals surface area contributed by atoms with E-state index in [1.807, 2.05) is 0 Å². The summed E-state index contributed by atoms with van der Waals surface area (Å²) in [6.07, 6.45) is -3.98. The summed E-state index contributed by atoms with van der Waals surface area (Å²) in [5.74, 6) is 0.451. The second-order valence-corrected chi connectivity index (χ2v) is 3.69. The quantitative estimate of drug-likeness (QED) is 0.462. The molecule has 4 nitrogen and oxygen atoms in total. The lowest BCUT2D eigenvalue weighted by molar-refractivity contribution is -0.274. The molecule has 1 aromatic carbocycles. The number of nitrogens with one attached hydrogen (secondary N) is 2. The lowest BCUT2D eigenvalue weighted by Gasteiger charge is -2.10. The Labute approximate surface area is 132 Å². The molecule has 0 spiro atoms. The summed E-state index contributed by atoms with van der Waals surface area (Å²) in [4.78, 5) is 3.94. The van der Waals surface area contributed by atoms with Crippen LogP contribution in [0, 0.1) is 0 Å². The monoisotopic (exact) mass is 403 g/mol. The van der Waals surface area contributed by atoms with Gasteiger partial charge in [0.2, 0.25) is 0 Å². The van der Waals surface area contributed by atoms with Crippen molar-refractivity contribution in [3.63, 3.8) is 0 Å². The van der Waals surface area contributed by atoms with Crippen LogP contribution in [0.4, 0.5) is 13.2 Å². The lowest BCUT2D eigenvalue weighted by Crippen LogP contribution is -2.35. The molecule has 1 rings (SSSR count). The SMILES string of the molecule is CN=C(NC)NCCc1ccc(OC(F)(F)F)cc1.I. The summed E-state index contributed by atoms with van der Waals surface area (Å²) >= 11 is 0. The molecule has 0 radical (unpaired) electrons. The number of rotatable bonds is 4. The fourth-order valence-electron chi connectivity index (χ4n) is 1.46. The first-order valence-electron chi connectivity index (χ1n) is 5.67. The van der Waals surface area contributed by atoms with Crippen molar-refractivity contribution in [1.82, 2.24) is 10.6 Å². The highest BCUT2D eigenvalue weighted by atomic mass is 127. The fraction of sp³-hybridized carbons (Fsp3) is 0.417. The van der Waals surface area contributed by atoms with E-state index >= 15 is 0 Å². The number of aliphatic imine (C=N–C) groups is 1. The third-order valence-corrected chi connectivity index (χ3v) is 2.32. The second-order valence-electron chi connectivity index (χ2n) is 3.69. The van der Waals surface area contributed by atoms with Gasteiger partial charge in [0.05, 0.1) is 0 Å². The van der Waals surface area contributed by atoms with Crippen LogP contribution < -0.4 is 15.4 Å². The van der Waals surface area contributed by atoms with Gasteiger partial charge in [-0.25, -0.2) is 0 Å². The number of guanidine groups is 1. The van der Waals surface area contributed by atoms with Gasteiger partial charge in [-0.3, -0.25) is 4.99 Å². The van der Waals surface area contributed by atoms with E-state index < -0.39 is 6.36 Å². The topological polar surface area (TPSA) is 45.7 Å². The molecular formula is C12H17F3IN3O. The summed E-state index contributed by atoms with van der Waals surface area (Å²) in [5.41, 5.74) is 0.911. The molecule has 0 fully saturated rings. The average Bonchev–Trinajstić information content (AvgIpc) is 2.35. The van der Waals surface area contributed by atoms with Gasteiger partial charge >= 0.3 is 6.36 Å². The predicted molar refractivity (Wildman–Crippen MR) is 82.7 cm³/mol. The van der Waals surface area contributed by atoms with Crippen molar-refractivity contribution >= 4 is 29.9 Å². The molecule has 0 bridgehead atoms. The van der Waals surface area contributed by atoms with E-state index in [1.165, 1.54) is 12.1 Å². The number of halogens is 4. The molecule has 0 unspecified atom stereocenters. The zero-order valence-corrected chi connectivity index (χ0v) is 13.5. The Morgan fingerprint density at radius 2 is 1.85 bits per heavy atom. The largest absolute Gasteiger partial charge is 0.573 e. The first kappa shape index (κ1) is 18.8. The van der Waals surface area contributed by atoms with E-state index in [9.17, 15) is 13.2 Å². The van der Waals surface area contributed by atoms with Crippen LogP contribution in [-0.2, 0) is 6.42 Å². The van der Waals surface area contributed by atoms with E-state index in [0.29, 0.717) is 18.9 Å². The van der Waals surface area contributed by atoms with E-state index in [-0.39, 0.29) is 29.7 Å². The van der Waals surface area contributed by atoms with Gasteiger partial charge in [-0.1, -0.05) is 12.1 Å². The summed E-state index contributed by atoms with van der Waals surface area (Å²) in [6.45, 7) is 0.632. The predicted octanol–water partition coefficient (Wildman–Crippen LogP) is 2.54. The van der Waals surface area contributed by atoms with Gasteiger partial charge in [-0.05, 0) is 24.1 Å². The van der Waals surface area contributed by atoms with Gasteiger partial charge in [0, 0.05) is 20.6 Å². The van der Waals surface area contributed by atoms with E-state index in [4.69, 9.17) is 0 Å². The van der Waals surface area contributed by atoms with Crippen molar-refractivity contribution in [2.45, 2.75) is 12.8 Å². The third kappa shape index (κ3) is 7.41. The van der Waals surface area contributed by atoms with Gasteiger partial charge in [0.15, 0.2) is 5.96 Å². The molecule has 0 aliphatic heterocycles. The van der Waals surface area contributed by atoms with Crippen LogP contribution in [-0.4, -0.2) is 33.0 Å². The van der Waals surface area contributed by atoms with Crippen LogP contribution in [0.25, 0.3) is 0 Å². The molecule has 1 aromatic rings. The minimum absolute atomic E-state index is 0. The third-order valence-electron chi connectivity index (χ3n) is 2.32. The summed E-state index contributed by atoms with van der Waals surface area (Å²) in [6, 6.07) is 5.81. The smallest absolute Gasteiger partial charge is 0.406 e. The maximum absolute atomic E-state index is 12.0. The molecule has 20 heavy (non-hydrogen) atoms. The first-order chi connectivity index (χ1) is 8.94. The second kappa shape index (κ2) is 8.88. The molecule has 0 amide bonds. The standard InChI is InChI=1S/C12H16F3N3O.HI/c1-16-11(17-2)18-8-7-9-3-5-10(6-4-9)19-12(13,14)15;/h3-6H,7-8H2,1-2H3,(H2,16,17,18);1H. The van der Waals surface area contributed by atoms with Crippen LogP contribution in [0.15, 0.2) is 29.3 Å². The number of benzene rings is 1. The zero-order chi connectivity index (χ0) is 14.3. The Balaban J connectivity index is 0.00000361. The van der Waals surface area contributed by atoms with Crippen molar-refractivity contribution < 1.29 is 17.9 Å².